The number of amides is 2. The van der Waals surface area contributed by atoms with Crippen LogP contribution >= 0.6 is 15.9 Å². The minimum Gasteiger partial charge on any atom is -0.353 e. The smallest absolute Gasteiger partial charge is 0.254 e. The zero-order valence-electron chi connectivity index (χ0n) is 17.6. The molecule has 0 spiro atoms. The van der Waals surface area contributed by atoms with Crippen LogP contribution in [0.5, 0.6) is 0 Å². The minimum atomic E-state index is -0.0873. The summed E-state index contributed by atoms with van der Waals surface area (Å²) >= 11 is 3.44. The number of aryl methyl sites for hydroxylation is 1. The Morgan fingerprint density at radius 1 is 1.00 bits per heavy atom. The molecule has 0 saturated heterocycles. The fraction of sp³-hybridized carbons (Fsp3) is 0.280. The largest absolute Gasteiger partial charge is 0.353 e. The first kappa shape index (κ1) is 21.4. The molecule has 2 amide bonds. The molecule has 0 unspecified atom stereocenters. The molecule has 4 rings (SSSR count). The molecular formula is C25H26BrN3O2. The van der Waals surface area contributed by atoms with E-state index in [1.54, 1.807) is 11.0 Å². The van der Waals surface area contributed by atoms with Gasteiger partial charge in [-0.3, -0.25) is 9.59 Å². The lowest BCUT2D eigenvalue weighted by molar-refractivity contribution is -0.133. The second-order valence-electron chi connectivity index (χ2n) is 8.02. The quantitative estimate of drug-likeness (QED) is 0.473. The molecule has 1 saturated carbocycles. The molecule has 1 aliphatic carbocycles. The summed E-state index contributed by atoms with van der Waals surface area (Å²) < 4.78 is 2.88. The fourth-order valence-corrected chi connectivity index (χ4v) is 4.08. The second-order valence-corrected chi connectivity index (χ2v) is 8.94. The van der Waals surface area contributed by atoms with Gasteiger partial charge < -0.3 is 14.4 Å². The average Bonchev–Trinajstić information content (AvgIpc) is 3.54. The number of carbonyl (C=O) groups excluding carboxylic acids is 2. The summed E-state index contributed by atoms with van der Waals surface area (Å²) in [5.41, 5.74) is 2.73. The third-order valence-corrected chi connectivity index (χ3v) is 6.09. The molecule has 0 bridgehead atoms. The van der Waals surface area contributed by atoms with Gasteiger partial charge in [-0.05, 0) is 48.7 Å². The number of benzene rings is 2. The van der Waals surface area contributed by atoms with Gasteiger partial charge >= 0.3 is 0 Å². The van der Waals surface area contributed by atoms with E-state index in [0.29, 0.717) is 18.7 Å². The van der Waals surface area contributed by atoms with Gasteiger partial charge in [0.15, 0.2) is 0 Å². The summed E-state index contributed by atoms with van der Waals surface area (Å²) in [4.78, 5) is 30.2. The van der Waals surface area contributed by atoms with Crippen LogP contribution in [0.1, 0.15) is 34.5 Å². The molecule has 0 aliphatic heterocycles. The Morgan fingerprint density at radius 3 is 2.42 bits per heavy atom. The molecule has 1 aromatic heterocycles. The van der Waals surface area contributed by atoms with E-state index >= 15 is 0 Å². The van der Waals surface area contributed by atoms with Crippen LogP contribution < -0.4 is 0 Å². The summed E-state index contributed by atoms with van der Waals surface area (Å²) in [6, 6.07) is 21.5. The molecule has 160 valence electrons. The van der Waals surface area contributed by atoms with Gasteiger partial charge in [0.25, 0.3) is 5.91 Å². The van der Waals surface area contributed by atoms with Crippen LogP contribution in [-0.2, 0) is 24.9 Å². The lowest BCUT2D eigenvalue weighted by Gasteiger charge is -2.28. The van der Waals surface area contributed by atoms with Crippen LogP contribution in [0.25, 0.3) is 0 Å². The van der Waals surface area contributed by atoms with Gasteiger partial charge in [0.05, 0.1) is 6.54 Å². The van der Waals surface area contributed by atoms with E-state index in [4.69, 9.17) is 0 Å². The third-order valence-electron chi connectivity index (χ3n) is 5.60. The van der Waals surface area contributed by atoms with Crippen LogP contribution in [0.4, 0.5) is 0 Å². The normalized spacial score (nSPS) is 13.1. The third kappa shape index (κ3) is 5.44. The standard InChI is InChI=1S/C25H26BrN3O2/c1-27-14-6-11-23(27)17-28(16-19-7-3-2-4-8-19)24(30)18-29(22-12-13-22)25(31)20-9-5-10-21(26)15-20/h2-11,14-15,22H,12-13,16-18H2,1H3. The van der Waals surface area contributed by atoms with Crippen molar-refractivity contribution >= 4 is 27.7 Å². The summed E-state index contributed by atoms with van der Waals surface area (Å²) in [5.74, 6) is -0.129. The number of nitrogens with zero attached hydrogens (tertiary/aromatic N) is 3. The van der Waals surface area contributed by atoms with E-state index < -0.39 is 0 Å². The Balaban J connectivity index is 1.54. The van der Waals surface area contributed by atoms with Gasteiger partial charge in [0.2, 0.25) is 5.91 Å². The van der Waals surface area contributed by atoms with E-state index in [1.807, 2.05) is 83.4 Å². The topological polar surface area (TPSA) is 45.6 Å². The SMILES string of the molecule is Cn1cccc1CN(Cc1ccccc1)C(=O)CN(C(=O)c1cccc(Br)c1)C1CC1. The number of carbonyl (C=O) groups is 2. The van der Waals surface area contributed by atoms with Gasteiger partial charge in [0.1, 0.15) is 6.54 Å². The molecule has 5 nitrogen and oxygen atoms in total. The monoisotopic (exact) mass is 479 g/mol. The first-order valence-electron chi connectivity index (χ1n) is 10.5. The zero-order valence-corrected chi connectivity index (χ0v) is 19.2. The predicted octanol–water partition coefficient (Wildman–Crippen LogP) is 4.62. The molecule has 0 atom stereocenters. The Labute approximate surface area is 191 Å². The Bertz CT molecular complexity index is 1060. The molecule has 6 heteroatoms. The molecular weight excluding hydrogens is 454 g/mol. The van der Waals surface area contributed by atoms with Crippen molar-refractivity contribution in [3.8, 4) is 0 Å². The first-order chi connectivity index (χ1) is 15.0. The van der Waals surface area contributed by atoms with E-state index in [1.165, 1.54) is 0 Å². The van der Waals surface area contributed by atoms with Crippen LogP contribution in [0.15, 0.2) is 77.4 Å². The number of rotatable bonds is 8. The summed E-state index contributed by atoms with van der Waals surface area (Å²) in [6.07, 6.45) is 3.88. The Morgan fingerprint density at radius 2 is 1.77 bits per heavy atom. The van der Waals surface area contributed by atoms with Crippen LogP contribution in [0, 0.1) is 0 Å². The number of hydrogen-bond acceptors (Lipinski definition) is 2. The van der Waals surface area contributed by atoms with E-state index in [9.17, 15) is 9.59 Å². The fourth-order valence-electron chi connectivity index (χ4n) is 3.68. The highest BCUT2D eigenvalue weighted by Gasteiger charge is 2.35. The lowest BCUT2D eigenvalue weighted by Crippen LogP contribution is -2.43. The molecule has 0 N–H and O–H groups in total. The highest BCUT2D eigenvalue weighted by atomic mass is 79.9. The lowest BCUT2D eigenvalue weighted by atomic mass is 10.2. The Kier molecular flexibility index (Phi) is 6.56. The summed E-state index contributed by atoms with van der Waals surface area (Å²) in [5, 5.41) is 0. The number of hydrogen-bond donors (Lipinski definition) is 0. The maximum Gasteiger partial charge on any atom is 0.254 e. The number of halogens is 1. The highest BCUT2D eigenvalue weighted by Crippen LogP contribution is 2.29. The highest BCUT2D eigenvalue weighted by molar-refractivity contribution is 9.10. The minimum absolute atomic E-state index is 0.0414. The van der Waals surface area contributed by atoms with Crippen molar-refractivity contribution in [2.24, 2.45) is 7.05 Å². The second kappa shape index (κ2) is 9.52. The predicted molar refractivity (Wildman–Crippen MR) is 124 cm³/mol. The molecule has 0 radical (unpaired) electrons. The van der Waals surface area contributed by atoms with E-state index in [0.717, 1.165) is 28.6 Å². The molecule has 1 aliphatic rings. The molecule has 31 heavy (non-hydrogen) atoms. The zero-order chi connectivity index (χ0) is 21.8. The van der Waals surface area contributed by atoms with Crippen molar-refractivity contribution < 1.29 is 9.59 Å². The van der Waals surface area contributed by atoms with Gasteiger partial charge in [-0.15, -0.1) is 0 Å². The maximum absolute atomic E-state index is 13.4. The van der Waals surface area contributed by atoms with Crippen molar-refractivity contribution in [1.29, 1.82) is 0 Å². The van der Waals surface area contributed by atoms with Crippen molar-refractivity contribution in [3.05, 3.63) is 94.2 Å². The van der Waals surface area contributed by atoms with Crippen molar-refractivity contribution in [2.75, 3.05) is 6.54 Å². The van der Waals surface area contributed by atoms with E-state index in [-0.39, 0.29) is 24.4 Å². The van der Waals surface area contributed by atoms with Gasteiger partial charge in [-0.25, -0.2) is 0 Å². The van der Waals surface area contributed by atoms with Crippen molar-refractivity contribution in [3.63, 3.8) is 0 Å². The van der Waals surface area contributed by atoms with Crippen LogP contribution in [0.3, 0.4) is 0 Å². The summed E-state index contributed by atoms with van der Waals surface area (Å²) in [6.45, 7) is 1.10. The summed E-state index contributed by atoms with van der Waals surface area (Å²) in [7, 11) is 1.98. The van der Waals surface area contributed by atoms with Gasteiger partial charge in [-0.2, -0.15) is 0 Å². The average molecular weight is 480 g/mol. The van der Waals surface area contributed by atoms with Gasteiger partial charge in [-0.1, -0.05) is 52.3 Å². The van der Waals surface area contributed by atoms with Crippen molar-refractivity contribution in [2.45, 2.75) is 32.0 Å². The molecule has 1 heterocycles. The van der Waals surface area contributed by atoms with Crippen LogP contribution in [-0.4, -0.2) is 38.8 Å². The van der Waals surface area contributed by atoms with Crippen molar-refractivity contribution in [1.82, 2.24) is 14.4 Å². The van der Waals surface area contributed by atoms with Gasteiger partial charge in [0, 0.05) is 41.6 Å². The molecule has 3 aromatic rings. The first-order valence-corrected chi connectivity index (χ1v) is 11.3. The molecule has 2 aromatic carbocycles. The van der Waals surface area contributed by atoms with Crippen LogP contribution in [0.2, 0.25) is 0 Å². The Hall–Kier alpha value is -2.86. The molecule has 1 fully saturated rings. The number of aromatic nitrogens is 1. The maximum atomic E-state index is 13.4. The van der Waals surface area contributed by atoms with E-state index in [2.05, 4.69) is 15.9 Å².